The lowest BCUT2D eigenvalue weighted by Gasteiger charge is -2.18. The van der Waals surface area contributed by atoms with Crippen molar-refractivity contribution in [1.82, 2.24) is 15.2 Å². The molecule has 0 radical (unpaired) electrons. The van der Waals surface area contributed by atoms with Gasteiger partial charge in [-0.25, -0.2) is 0 Å². The van der Waals surface area contributed by atoms with Gasteiger partial charge in [-0.05, 0) is 40.5 Å². The van der Waals surface area contributed by atoms with Crippen molar-refractivity contribution >= 4 is 39.1 Å². The van der Waals surface area contributed by atoms with Gasteiger partial charge in [-0.15, -0.1) is 0 Å². The van der Waals surface area contributed by atoms with Crippen LogP contribution >= 0.6 is 39.1 Å². The van der Waals surface area contributed by atoms with E-state index in [2.05, 4.69) is 26.5 Å². The Hall–Kier alpha value is -0.590. The maximum Gasteiger partial charge on any atom is 0.0738 e. The van der Waals surface area contributed by atoms with Gasteiger partial charge in [-0.2, -0.15) is 5.10 Å². The lowest BCUT2D eigenvalue weighted by Crippen LogP contribution is -2.30. The summed E-state index contributed by atoms with van der Waals surface area (Å²) in [5.41, 5.74) is 5.71. The smallest absolute Gasteiger partial charge is 0.0738 e. The zero-order valence-electron chi connectivity index (χ0n) is 11.1. The standard InChI is InChI=1S/C13H15BrCl2N4/c1-7-13(14)12(20(2)19-7)6-11(18-17)9-4-3-8(15)5-10(9)16/h3-5,11,18H,6,17H2,1-2H3. The third-order valence-corrected chi connectivity index (χ3v) is 4.79. The Kier molecular flexibility index (Phi) is 5.09. The topological polar surface area (TPSA) is 55.9 Å². The number of aromatic nitrogens is 2. The second-order valence-corrected chi connectivity index (χ2v) is 6.20. The molecule has 0 fully saturated rings. The Morgan fingerprint density at radius 2 is 2.15 bits per heavy atom. The van der Waals surface area contributed by atoms with E-state index < -0.39 is 0 Å². The summed E-state index contributed by atoms with van der Waals surface area (Å²) in [4.78, 5) is 0. The lowest BCUT2D eigenvalue weighted by molar-refractivity contribution is 0.529. The Bertz CT molecular complexity index is 627. The molecular weight excluding hydrogens is 363 g/mol. The van der Waals surface area contributed by atoms with Gasteiger partial charge in [0.05, 0.1) is 21.9 Å². The van der Waals surface area contributed by atoms with Crippen LogP contribution in [0.3, 0.4) is 0 Å². The molecule has 7 heteroatoms. The highest BCUT2D eigenvalue weighted by Gasteiger charge is 2.19. The minimum atomic E-state index is -0.120. The largest absolute Gasteiger partial charge is 0.271 e. The summed E-state index contributed by atoms with van der Waals surface area (Å²) in [6.45, 7) is 1.95. The van der Waals surface area contributed by atoms with Crippen molar-refractivity contribution in [2.75, 3.05) is 0 Å². The highest BCUT2D eigenvalue weighted by molar-refractivity contribution is 9.10. The molecule has 108 valence electrons. The average Bonchev–Trinajstić information content (AvgIpc) is 2.62. The van der Waals surface area contributed by atoms with Crippen molar-refractivity contribution in [2.24, 2.45) is 12.9 Å². The number of hydrogen-bond acceptors (Lipinski definition) is 3. The molecule has 3 N–H and O–H groups in total. The molecular formula is C13H15BrCl2N4. The Balaban J connectivity index is 2.33. The summed E-state index contributed by atoms with van der Waals surface area (Å²) in [5.74, 6) is 5.68. The van der Waals surface area contributed by atoms with Crippen LogP contribution in [0.15, 0.2) is 22.7 Å². The summed E-state index contributed by atoms with van der Waals surface area (Å²) in [6.07, 6.45) is 0.662. The van der Waals surface area contributed by atoms with Crippen LogP contribution in [-0.4, -0.2) is 9.78 Å². The molecule has 0 aliphatic heterocycles. The molecule has 1 unspecified atom stereocenters. The quantitative estimate of drug-likeness (QED) is 0.632. The van der Waals surface area contributed by atoms with E-state index >= 15 is 0 Å². The fourth-order valence-corrected chi connectivity index (χ4v) is 3.18. The van der Waals surface area contributed by atoms with Gasteiger partial charge in [0.15, 0.2) is 0 Å². The third-order valence-electron chi connectivity index (χ3n) is 3.20. The number of nitrogens with zero attached hydrogens (tertiary/aromatic N) is 2. The van der Waals surface area contributed by atoms with Crippen LogP contribution in [-0.2, 0) is 13.5 Å². The molecule has 0 aliphatic rings. The molecule has 0 aliphatic carbocycles. The third kappa shape index (κ3) is 3.18. The number of hydrazine groups is 1. The first kappa shape index (κ1) is 15.8. The van der Waals surface area contributed by atoms with Crippen molar-refractivity contribution < 1.29 is 0 Å². The number of rotatable bonds is 4. The number of hydrogen-bond donors (Lipinski definition) is 2. The fraction of sp³-hybridized carbons (Fsp3) is 0.308. The van der Waals surface area contributed by atoms with Crippen molar-refractivity contribution in [2.45, 2.75) is 19.4 Å². The number of halogens is 3. The van der Waals surface area contributed by atoms with Crippen molar-refractivity contribution in [1.29, 1.82) is 0 Å². The average molecular weight is 378 g/mol. The number of nitrogens with one attached hydrogen (secondary N) is 1. The molecule has 2 rings (SSSR count). The molecule has 0 saturated heterocycles. The zero-order valence-corrected chi connectivity index (χ0v) is 14.2. The van der Waals surface area contributed by atoms with Gasteiger partial charge in [0, 0.05) is 23.5 Å². The van der Waals surface area contributed by atoms with E-state index in [1.54, 1.807) is 12.1 Å². The van der Waals surface area contributed by atoms with E-state index in [0.29, 0.717) is 16.5 Å². The molecule has 0 amide bonds. The molecule has 0 saturated carbocycles. The van der Waals surface area contributed by atoms with Crippen LogP contribution in [0, 0.1) is 6.92 Å². The number of benzene rings is 1. The van der Waals surface area contributed by atoms with E-state index in [1.807, 2.05) is 24.7 Å². The molecule has 1 aromatic heterocycles. The molecule has 4 nitrogen and oxygen atoms in total. The predicted octanol–water partition coefficient (Wildman–Crippen LogP) is 3.54. The van der Waals surface area contributed by atoms with Crippen LogP contribution < -0.4 is 11.3 Å². The Morgan fingerprint density at radius 1 is 1.45 bits per heavy atom. The Labute approximate surface area is 136 Å². The van der Waals surface area contributed by atoms with E-state index in [1.165, 1.54) is 0 Å². The van der Waals surface area contributed by atoms with Crippen LogP contribution in [0.1, 0.15) is 23.0 Å². The van der Waals surface area contributed by atoms with Gasteiger partial charge in [0.2, 0.25) is 0 Å². The monoisotopic (exact) mass is 376 g/mol. The van der Waals surface area contributed by atoms with Crippen LogP contribution in [0.4, 0.5) is 0 Å². The van der Waals surface area contributed by atoms with E-state index in [-0.39, 0.29) is 6.04 Å². The van der Waals surface area contributed by atoms with Gasteiger partial charge in [0.25, 0.3) is 0 Å². The highest BCUT2D eigenvalue weighted by Crippen LogP contribution is 2.30. The van der Waals surface area contributed by atoms with E-state index in [0.717, 1.165) is 21.4 Å². The molecule has 2 aromatic rings. The lowest BCUT2D eigenvalue weighted by atomic mass is 10.0. The predicted molar refractivity (Wildman–Crippen MR) is 85.9 cm³/mol. The van der Waals surface area contributed by atoms with E-state index in [4.69, 9.17) is 29.0 Å². The first-order chi connectivity index (χ1) is 9.43. The Morgan fingerprint density at radius 3 is 2.65 bits per heavy atom. The summed E-state index contributed by atoms with van der Waals surface area (Å²) in [5, 5.41) is 5.57. The molecule has 1 atom stereocenters. The molecule has 0 bridgehead atoms. The maximum absolute atomic E-state index is 6.24. The van der Waals surface area contributed by atoms with Gasteiger partial charge >= 0.3 is 0 Å². The fourth-order valence-electron chi connectivity index (χ4n) is 2.14. The van der Waals surface area contributed by atoms with Crippen molar-refractivity contribution in [3.8, 4) is 0 Å². The summed E-state index contributed by atoms with van der Waals surface area (Å²) in [7, 11) is 1.91. The summed E-state index contributed by atoms with van der Waals surface area (Å²) in [6, 6.07) is 5.28. The molecule has 1 heterocycles. The number of nitrogens with two attached hydrogens (primary N) is 1. The molecule has 1 aromatic carbocycles. The van der Waals surface area contributed by atoms with Gasteiger partial charge in [-0.3, -0.25) is 16.0 Å². The van der Waals surface area contributed by atoms with Crippen molar-refractivity contribution in [3.63, 3.8) is 0 Å². The van der Waals surface area contributed by atoms with Gasteiger partial charge in [0.1, 0.15) is 0 Å². The molecule has 20 heavy (non-hydrogen) atoms. The first-order valence-electron chi connectivity index (χ1n) is 6.03. The number of aryl methyl sites for hydroxylation is 2. The highest BCUT2D eigenvalue weighted by atomic mass is 79.9. The van der Waals surface area contributed by atoms with Gasteiger partial charge in [-0.1, -0.05) is 29.3 Å². The molecule has 0 spiro atoms. The summed E-state index contributed by atoms with van der Waals surface area (Å²) >= 11 is 15.7. The SMILES string of the molecule is Cc1nn(C)c(CC(NN)c2ccc(Cl)cc2Cl)c1Br. The van der Waals surface area contributed by atoms with Gasteiger partial charge < -0.3 is 0 Å². The summed E-state index contributed by atoms with van der Waals surface area (Å²) < 4.78 is 2.83. The normalized spacial score (nSPS) is 12.7. The minimum absolute atomic E-state index is 0.120. The van der Waals surface area contributed by atoms with E-state index in [9.17, 15) is 0 Å². The van der Waals surface area contributed by atoms with Crippen LogP contribution in [0.5, 0.6) is 0 Å². The van der Waals surface area contributed by atoms with Crippen LogP contribution in [0.2, 0.25) is 10.0 Å². The van der Waals surface area contributed by atoms with Crippen molar-refractivity contribution in [3.05, 3.63) is 49.7 Å². The second-order valence-electron chi connectivity index (χ2n) is 4.56. The second kappa shape index (κ2) is 6.45. The first-order valence-corrected chi connectivity index (χ1v) is 7.58. The maximum atomic E-state index is 6.24. The van der Waals surface area contributed by atoms with Crippen LogP contribution in [0.25, 0.3) is 0 Å². The minimum Gasteiger partial charge on any atom is -0.271 e. The zero-order chi connectivity index (χ0) is 14.9.